The summed E-state index contributed by atoms with van der Waals surface area (Å²) >= 11 is 0. The smallest absolute Gasteiger partial charge is 0.275 e. The Bertz CT molecular complexity index is 1130. The average molecular weight is 435 g/mol. The number of nitrogens with one attached hydrogen (secondary N) is 1. The topological polar surface area (TPSA) is 122 Å². The number of amides is 1. The van der Waals surface area contributed by atoms with E-state index < -0.39 is 0 Å². The zero-order valence-corrected chi connectivity index (χ0v) is 18.0. The molecule has 3 aromatic heterocycles. The van der Waals surface area contributed by atoms with Crippen LogP contribution in [0.2, 0.25) is 0 Å². The van der Waals surface area contributed by atoms with Crippen molar-refractivity contribution in [1.29, 1.82) is 0 Å². The van der Waals surface area contributed by atoms with Crippen molar-refractivity contribution in [2.75, 3.05) is 25.0 Å². The van der Waals surface area contributed by atoms with Crippen molar-refractivity contribution in [2.24, 2.45) is 5.92 Å². The lowest BCUT2D eigenvalue weighted by Crippen LogP contribution is -2.32. The quantitative estimate of drug-likeness (QED) is 0.576. The molecule has 32 heavy (non-hydrogen) atoms. The zero-order chi connectivity index (χ0) is 22.1. The van der Waals surface area contributed by atoms with Gasteiger partial charge in [-0.2, -0.15) is 0 Å². The first-order chi connectivity index (χ1) is 15.6. The van der Waals surface area contributed by atoms with Gasteiger partial charge in [0.1, 0.15) is 17.2 Å². The number of fused-ring (bicyclic) bond motifs is 1. The number of nitrogens with zero attached hydrogens (tertiary/aromatic N) is 7. The summed E-state index contributed by atoms with van der Waals surface area (Å²) in [6.45, 7) is 4.78. The minimum atomic E-state index is -0.305. The summed E-state index contributed by atoms with van der Waals surface area (Å²) in [5.41, 5.74) is 3.28. The fourth-order valence-corrected chi connectivity index (χ4v) is 3.99. The van der Waals surface area contributed by atoms with E-state index in [1.165, 1.54) is 28.7 Å². The van der Waals surface area contributed by atoms with Crippen molar-refractivity contribution >= 4 is 11.7 Å². The van der Waals surface area contributed by atoms with E-state index in [4.69, 9.17) is 0 Å². The summed E-state index contributed by atoms with van der Waals surface area (Å²) in [5.74, 6) is 1.35. The Hall–Kier alpha value is -3.24. The summed E-state index contributed by atoms with van der Waals surface area (Å²) in [6, 6.07) is 6.85. The Labute approximate surface area is 185 Å². The molecule has 10 nitrogen and oxygen atoms in total. The lowest BCUT2D eigenvalue weighted by Gasteiger charge is -2.28. The lowest BCUT2D eigenvalue weighted by atomic mass is 10.0. The normalized spacial score (nSPS) is 17.1. The number of anilines is 1. The van der Waals surface area contributed by atoms with E-state index in [1.807, 2.05) is 12.3 Å². The number of rotatable bonds is 7. The van der Waals surface area contributed by atoms with Crippen LogP contribution in [0.3, 0.4) is 0 Å². The summed E-state index contributed by atoms with van der Waals surface area (Å²) in [7, 11) is 0. The molecule has 3 aromatic rings. The van der Waals surface area contributed by atoms with E-state index in [-0.39, 0.29) is 18.6 Å². The average Bonchev–Trinajstić information content (AvgIpc) is 3.49. The molecule has 4 heterocycles. The van der Waals surface area contributed by atoms with Gasteiger partial charge in [0.15, 0.2) is 0 Å². The number of aliphatic hydroxyl groups is 1. The van der Waals surface area contributed by atoms with E-state index >= 15 is 0 Å². The van der Waals surface area contributed by atoms with Gasteiger partial charge in [-0.1, -0.05) is 6.07 Å². The van der Waals surface area contributed by atoms with Gasteiger partial charge in [-0.15, -0.1) is 5.10 Å². The van der Waals surface area contributed by atoms with Crippen LogP contribution in [0.4, 0.5) is 5.82 Å². The molecule has 2 N–H and O–H groups in total. The third kappa shape index (κ3) is 4.37. The minimum absolute atomic E-state index is 0.101. The van der Waals surface area contributed by atoms with Crippen molar-refractivity contribution in [2.45, 2.75) is 38.8 Å². The molecule has 0 aromatic carbocycles. The molecule has 0 saturated heterocycles. The molecular formula is C22H26N8O2. The Kier molecular flexibility index (Phi) is 5.62. The molecule has 1 unspecified atom stereocenters. The number of tetrazole rings is 1. The molecule has 1 fully saturated rings. The monoisotopic (exact) mass is 434 g/mol. The molecule has 0 bridgehead atoms. The van der Waals surface area contributed by atoms with E-state index in [0.29, 0.717) is 23.0 Å². The summed E-state index contributed by atoms with van der Waals surface area (Å²) in [6.07, 6.45) is 5.48. The zero-order valence-electron chi connectivity index (χ0n) is 18.0. The SMILES string of the molecule is CC(CO)n1nnnc1-c1cccc(NC(=O)c2cc3c(cn2)CCN(CC2CC2)C3)n1. The van der Waals surface area contributed by atoms with Gasteiger partial charge in [0.25, 0.3) is 5.91 Å². The van der Waals surface area contributed by atoms with Crippen LogP contribution >= 0.6 is 0 Å². The Morgan fingerprint density at radius 1 is 1.31 bits per heavy atom. The third-order valence-electron chi connectivity index (χ3n) is 6.01. The largest absolute Gasteiger partial charge is 0.394 e. The molecule has 5 rings (SSSR count). The van der Waals surface area contributed by atoms with Crippen LogP contribution in [0.1, 0.15) is 47.4 Å². The number of aliphatic hydroxyl groups excluding tert-OH is 1. The van der Waals surface area contributed by atoms with E-state index in [0.717, 1.165) is 32.0 Å². The van der Waals surface area contributed by atoms with Crippen LogP contribution in [0.25, 0.3) is 11.5 Å². The van der Waals surface area contributed by atoms with Gasteiger partial charge in [-0.05, 0) is 71.9 Å². The van der Waals surface area contributed by atoms with Crippen LogP contribution < -0.4 is 5.32 Å². The standard InChI is InChI=1S/C22H26N8O2/c1-14(13-31)30-21(26-27-28-30)18-3-2-4-20(24-18)25-22(32)19-9-17-12-29(11-15-5-6-15)8-7-16(17)10-23-19/h2-4,9-10,14-15,31H,5-8,11-13H2,1H3,(H,24,25,32). The van der Waals surface area contributed by atoms with Crippen molar-refractivity contribution < 1.29 is 9.90 Å². The van der Waals surface area contributed by atoms with E-state index in [1.54, 1.807) is 25.1 Å². The maximum Gasteiger partial charge on any atom is 0.275 e. The number of aromatic nitrogens is 6. The van der Waals surface area contributed by atoms with Gasteiger partial charge >= 0.3 is 0 Å². The van der Waals surface area contributed by atoms with Gasteiger partial charge in [0.05, 0.1) is 12.6 Å². The minimum Gasteiger partial charge on any atom is -0.394 e. The van der Waals surface area contributed by atoms with E-state index in [9.17, 15) is 9.90 Å². The van der Waals surface area contributed by atoms with Crippen LogP contribution in [0.15, 0.2) is 30.5 Å². The Morgan fingerprint density at radius 2 is 2.19 bits per heavy atom. The van der Waals surface area contributed by atoms with Crippen molar-refractivity contribution in [3.63, 3.8) is 0 Å². The number of hydrogen-bond acceptors (Lipinski definition) is 8. The van der Waals surface area contributed by atoms with Crippen LogP contribution in [0.5, 0.6) is 0 Å². The molecule has 0 spiro atoms. The summed E-state index contributed by atoms with van der Waals surface area (Å²) < 4.78 is 1.51. The molecule has 1 atom stereocenters. The highest BCUT2D eigenvalue weighted by molar-refractivity contribution is 6.02. The molecule has 10 heteroatoms. The van der Waals surface area contributed by atoms with Crippen molar-refractivity contribution in [1.82, 2.24) is 35.1 Å². The summed E-state index contributed by atoms with van der Waals surface area (Å²) in [5, 5.41) is 23.9. The molecule has 1 saturated carbocycles. The predicted molar refractivity (Wildman–Crippen MR) is 117 cm³/mol. The van der Waals surface area contributed by atoms with Gasteiger partial charge < -0.3 is 10.4 Å². The second kappa shape index (κ2) is 8.71. The number of pyridine rings is 2. The molecular weight excluding hydrogens is 408 g/mol. The highest BCUT2D eigenvalue weighted by atomic mass is 16.3. The van der Waals surface area contributed by atoms with Crippen LogP contribution in [0, 0.1) is 5.92 Å². The molecule has 2 aliphatic rings. The van der Waals surface area contributed by atoms with Gasteiger partial charge in [0, 0.05) is 25.8 Å². The Morgan fingerprint density at radius 3 is 3.00 bits per heavy atom. The van der Waals surface area contributed by atoms with E-state index in [2.05, 4.69) is 35.7 Å². The molecule has 1 aliphatic heterocycles. The number of hydrogen-bond donors (Lipinski definition) is 2. The maximum atomic E-state index is 12.9. The third-order valence-corrected chi connectivity index (χ3v) is 6.01. The van der Waals surface area contributed by atoms with Gasteiger partial charge in [-0.3, -0.25) is 14.7 Å². The highest BCUT2D eigenvalue weighted by Crippen LogP contribution is 2.31. The second-order valence-corrected chi connectivity index (χ2v) is 8.61. The molecule has 1 aliphatic carbocycles. The number of carbonyl (C=O) groups excluding carboxylic acids is 1. The fourth-order valence-electron chi connectivity index (χ4n) is 3.99. The molecule has 0 radical (unpaired) electrons. The van der Waals surface area contributed by atoms with Crippen molar-refractivity contribution in [3.05, 3.63) is 47.3 Å². The lowest BCUT2D eigenvalue weighted by molar-refractivity contribution is 0.102. The molecule has 166 valence electrons. The second-order valence-electron chi connectivity index (χ2n) is 8.61. The maximum absolute atomic E-state index is 12.9. The van der Waals surface area contributed by atoms with Gasteiger partial charge in [-0.25, -0.2) is 9.67 Å². The van der Waals surface area contributed by atoms with Crippen LogP contribution in [-0.2, 0) is 13.0 Å². The Balaban J connectivity index is 1.32. The summed E-state index contributed by atoms with van der Waals surface area (Å²) in [4.78, 5) is 24.2. The highest BCUT2D eigenvalue weighted by Gasteiger charge is 2.27. The first-order valence-corrected chi connectivity index (χ1v) is 11.0. The van der Waals surface area contributed by atoms with Crippen LogP contribution in [-0.4, -0.2) is 65.8 Å². The first-order valence-electron chi connectivity index (χ1n) is 11.0. The van der Waals surface area contributed by atoms with Crippen molar-refractivity contribution in [3.8, 4) is 11.5 Å². The van der Waals surface area contributed by atoms with Gasteiger partial charge in [0.2, 0.25) is 5.82 Å². The number of carbonyl (C=O) groups is 1. The first kappa shape index (κ1) is 20.7. The fraction of sp³-hybridized carbons (Fsp3) is 0.455. The molecule has 1 amide bonds. The predicted octanol–water partition coefficient (Wildman–Crippen LogP) is 1.70.